The van der Waals surface area contributed by atoms with Crippen molar-refractivity contribution in [3.63, 3.8) is 0 Å². The van der Waals surface area contributed by atoms with Gasteiger partial charge in [0.2, 0.25) is 0 Å². The van der Waals surface area contributed by atoms with Crippen LogP contribution in [0.15, 0.2) is 11.6 Å². The first-order chi connectivity index (χ1) is 3.81. The van der Waals surface area contributed by atoms with Crippen molar-refractivity contribution >= 4 is 0 Å². The minimum Gasteiger partial charge on any atom is -0.392 e. The maximum absolute atomic E-state index is 9.39. The van der Waals surface area contributed by atoms with Gasteiger partial charge in [-0.05, 0) is 17.8 Å². The molecule has 3 nitrogen and oxygen atoms in total. The highest BCUT2D eigenvalue weighted by Crippen LogP contribution is 1.89. The summed E-state index contributed by atoms with van der Waals surface area (Å²) in [5, 5.41) is 17.6. The molecule has 0 spiro atoms. The highest BCUT2D eigenvalue weighted by molar-refractivity contribution is 4.97. The zero-order valence-electron chi connectivity index (χ0n) is 4.76. The van der Waals surface area contributed by atoms with E-state index in [9.17, 15) is 5.26 Å². The summed E-state index contributed by atoms with van der Waals surface area (Å²) >= 11 is 0. The predicted molar refractivity (Wildman–Crippen MR) is 27.5 cm³/mol. The van der Waals surface area contributed by atoms with Crippen LogP contribution in [0, 0.1) is 0 Å². The first kappa shape index (κ1) is 7.62. The Bertz CT molecular complexity index is 77.7. The monoisotopic (exact) mass is 117 g/mol. The Morgan fingerprint density at radius 1 is 1.88 bits per heavy atom. The second kappa shape index (κ2) is 4.77. The summed E-state index contributed by atoms with van der Waals surface area (Å²) in [4.78, 5) is 3.53. The summed E-state index contributed by atoms with van der Waals surface area (Å²) < 4.78 is 0. The van der Waals surface area contributed by atoms with Crippen molar-refractivity contribution in [1.29, 1.82) is 0 Å². The van der Waals surface area contributed by atoms with E-state index in [1.54, 1.807) is 6.92 Å². The predicted octanol–water partition coefficient (Wildman–Crippen LogP) is 0.287. The topological polar surface area (TPSA) is 49.4 Å². The Kier molecular flexibility index (Phi) is 4.54. The molecule has 0 atom stereocenters. The highest BCUT2D eigenvalue weighted by atomic mass is 17.1. The molecule has 0 aromatic heterocycles. The van der Waals surface area contributed by atoms with Crippen LogP contribution in [0.25, 0.3) is 0 Å². The van der Waals surface area contributed by atoms with E-state index in [0.29, 0.717) is 0 Å². The number of hydrogen-bond donors (Lipinski definition) is 1. The zero-order chi connectivity index (χ0) is 6.41. The summed E-state index contributed by atoms with van der Waals surface area (Å²) in [6.07, 6.45) is 1.53. The molecule has 0 bridgehead atoms. The van der Waals surface area contributed by atoms with Crippen molar-refractivity contribution in [3.8, 4) is 0 Å². The van der Waals surface area contributed by atoms with E-state index in [0.717, 1.165) is 5.57 Å². The molecule has 0 aromatic rings. The average Bonchev–Trinajstić information content (AvgIpc) is 1.68. The van der Waals surface area contributed by atoms with Crippen LogP contribution in [0.4, 0.5) is 0 Å². The number of aliphatic hydroxyl groups excluding tert-OH is 1. The lowest BCUT2D eigenvalue weighted by Gasteiger charge is -1.91. The maximum Gasteiger partial charge on any atom is 0.106 e. The van der Waals surface area contributed by atoms with Crippen LogP contribution in [0.1, 0.15) is 6.92 Å². The molecule has 0 aliphatic heterocycles. The third-order valence-corrected chi connectivity index (χ3v) is 0.726. The molecule has 0 rings (SSSR count). The van der Waals surface area contributed by atoms with Crippen molar-refractivity contribution < 1.29 is 15.3 Å². The molecule has 0 fully saturated rings. The van der Waals surface area contributed by atoms with Gasteiger partial charge in [0.15, 0.2) is 0 Å². The van der Waals surface area contributed by atoms with Gasteiger partial charge in [0, 0.05) is 0 Å². The van der Waals surface area contributed by atoms with Gasteiger partial charge in [0.05, 0.1) is 6.61 Å². The maximum atomic E-state index is 9.39. The summed E-state index contributed by atoms with van der Waals surface area (Å²) in [5.41, 5.74) is 0.752. The first-order valence-corrected chi connectivity index (χ1v) is 2.32. The lowest BCUT2D eigenvalue weighted by molar-refractivity contribution is -0.296. The van der Waals surface area contributed by atoms with E-state index >= 15 is 0 Å². The third-order valence-electron chi connectivity index (χ3n) is 0.726. The summed E-state index contributed by atoms with van der Waals surface area (Å²) in [6, 6.07) is 0. The minimum absolute atomic E-state index is 0.0325. The van der Waals surface area contributed by atoms with E-state index in [2.05, 4.69) is 4.89 Å². The standard InChI is InChI=1S/C5H9O3/c1-5(2-3-6)4-8-7/h2,6H,3-4H2,1H3/b5-2+. The van der Waals surface area contributed by atoms with Crippen LogP contribution in [-0.2, 0) is 10.1 Å². The van der Waals surface area contributed by atoms with Gasteiger partial charge in [0.1, 0.15) is 6.61 Å². The van der Waals surface area contributed by atoms with E-state index in [1.165, 1.54) is 6.08 Å². The Labute approximate surface area is 48.1 Å². The molecule has 1 radical (unpaired) electrons. The van der Waals surface area contributed by atoms with Crippen molar-refractivity contribution in [2.75, 3.05) is 13.2 Å². The molecule has 0 saturated heterocycles. The average molecular weight is 117 g/mol. The second-order valence-electron chi connectivity index (χ2n) is 1.50. The molecule has 0 amide bonds. The SMILES string of the molecule is C/C(=C\CO)CO[O]. The minimum atomic E-state index is -0.0325. The largest absolute Gasteiger partial charge is 0.392 e. The normalized spacial score (nSPS) is 12.1. The Balaban J connectivity index is 3.29. The molecule has 0 heterocycles. The lowest BCUT2D eigenvalue weighted by atomic mass is 10.3. The molecule has 0 aliphatic carbocycles. The van der Waals surface area contributed by atoms with Crippen molar-refractivity contribution in [3.05, 3.63) is 11.6 Å². The van der Waals surface area contributed by atoms with Gasteiger partial charge in [-0.25, -0.2) is 0 Å². The fourth-order valence-corrected chi connectivity index (χ4v) is 0.308. The summed E-state index contributed by atoms with van der Waals surface area (Å²) in [6.45, 7) is 1.74. The highest BCUT2D eigenvalue weighted by Gasteiger charge is 1.85. The first-order valence-electron chi connectivity index (χ1n) is 2.32. The Morgan fingerprint density at radius 3 is 2.88 bits per heavy atom. The number of aliphatic hydroxyl groups is 1. The fraction of sp³-hybridized carbons (Fsp3) is 0.600. The van der Waals surface area contributed by atoms with Crippen molar-refractivity contribution in [1.82, 2.24) is 0 Å². The molecule has 8 heavy (non-hydrogen) atoms. The molecule has 0 aliphatic rings. The Hall–Kier alpha value is -0.380. The van der Waals surface area contributed by atoms with Crippen LogP contribution in [0.5, 0.6) is 0 Å². The third kappa shape index (κ3) is 3.80. The van der Waals surface area contributed by atoms with Crippen LogP contribution >= 0.6 is 0 Å². The van der Waals surface area contributed by atoms with Crippen LogP contribution in [0.3, 0.4) is 0 Å². The lowest BCUT2D eigenvalue weighted by Crippen LogP contribution is -1.89. The number of hydrogen-bond acceptors (Lipinski definition) is 2. The van der Waals surface area contributed by atoms with Crippen molar-refractivity contribution in [2.24, 2.45) is 0 Å². The van der Waals surface area contributed by atoms with Gasteiger partial charge in [-0.2, -0.15) is 4.89 Å². The summed E-state index contributed by atoms with van der Waals surface area (Å²) in [5.74, 6) is 0. The van der Waals surface area contributed by atoms with Gasteiger partial charge in [-0.15, -0.1) is 0 Å². The van der Waals surface area contributed by atoms with Gasteiger partial charge in [-0.1, -0.05) is 6.08 Å². The van der Waals surface area contributed by atoms with Crippen LogP contribution < -0.4 is 0 Å². The zero-order valence-corrected chi connectivity index (χ0v) is 4.76. The molecular weight excluding hydrogens is 108 g/mol. The molecular formula is C5H9O3. The van der Waals surface area contributed by atoms with Crippen LogP contribution in [-0.4, -0.2) is 18.3 Å². The van der Waals surface area contributed by atoms with Crippen LogP contribution in [0.2, 0.25) is 0 Å². The van der Waals surface area contributed by atoms with E-state index < -0.39 is 0 Å². The van der Waals surface area contributed by atoms with E-state index in [-0.39, 0.29) is 13.2 Å². The van der Waals surface area contributed by atoms with Gasteiger partial charge >= 0.3 is 0 Å². The molecule has 3 heteroatoms. The smallest absolute Gasteiger partial charge is 0.106 e. The number of rotatable bonds is 3. The van der Waals surface area contributed by atoms with Crippen molar-refractivity contribution in [2.45, 2.75) is 6.92 Å². The Morgan fingerprint density at radius 2 is 2.50 bits per heavy atom. The van der Waals surface area contributed by atoms with Gasteiger partial charge in [0.25, 0.3) is 0 Å². The quantitative estimate of drug-likeness (QED) is 0.328. The fourth-order valence-electron chi connectivity index (χ4n) is 0.308. The molecule has 47 valence electrons. The molecule has 0 aromatic carbocycles. The molecule has 0 saturated carbocycles. The van der Waals surface area contributed by atoms with Gasteiger partial charge in [-0.3, -0.25) is 0 Å². The summed E-state index contributed by atoms with van der Waals surface area (Å²) in [7, 11) is 0. The molecule has 1 N–H and O–H groups in total. The van der Waals surface area contributed by atoms with E-state index in [1.807, 2.05) is 0 Å². The second-order valence-corrected chi connectivity index (χ2v) is 1.50. The van der Waals surface area contributed by atoms with E-state index in [4.69, 9.17) is 5.11 Å². The van der Waals surface area contributed by atoms with Gasteiger partial charge < -0.3 is 5.11 Å². The molecule has 0 unspecified atom stereocenters.